The van der Waals surface area contributed by atoms with Gasteiger partial charge >= 0.3 is 0 Å². The Morgan fingerprint density at radius 2 is 1.83 bits per heavy atom. The highest BCUT2D eigenvalue weighted by molar-refractivity contribution is 4.86. The fourth-order valence-electron chi connectivity index (χ4n) is 3.73. The van der Waals surface area contributed by atoms with Crippen molar-refractivity contribution in [2.75, 3.05) is 19.6 Å². The van der Waals surface area contributed by atoms with Crippen molar-refractivity contribution in [3.63, 3.8) is 0 Å². The molecule has 1 aliphatic carbocycles. The predicted molar refractivity (Wildman–Crippen MR) is 75.5 cm³/mol. The lowest BCUT2D eigenvalue weighted by atomic mass is 9.77. The number of morpholine rings is 1. The Morgan fingerprint density at radius 1 is 1.17 bits per heavy atom. The van der Waals surface area contributed by atoms with Crippen molar-refractivity contribution in [2.24, 2.45) is 17.6 Å². The lowest BCUT2D eigenvalue weighted by Crippen LogP contribution is -2.50. The molecule has 18 heavy (non-hydrogen) atoms. The summed E-state index contributed by atoms with van der Waals surface area (Å²) in [4.78, 5) is 2.57. The Morgan fingerprint density at radius 3 is 2.44 bits per heavy atom. The average Bonchev–Trinajstić information content (AvgIpc) is 2.30. The first-order valence-electron chi connectivity index (χ1n) is 7.71. The van der Waals surface area contributed by atoms with E-state index in [1.165, 1.54) is 32.2 Å². The van der Waals surface area contributed by atoms with Crippen molar-refractivity contribution < 1.29 is 4.74 Å². The molecule has 106 valence electrons. The van der Waals surface area contributed by atoms with E-state index in [0.29, 0.717) is 24.2 Å². The van der Waals surface area contributed by atoms with Gasteiger partial charge in [0.05, 0.1) is 12.2 Å². The van der Waals surface area contributed by atoms with Gasteiger partial charge in [-0.1, -0.05) is 13.3 Å². The number of hydrogen-bond donors (Lipinski definition) is 1. The molecule has 0 bridgehead atoms. The van der Waals surface area contributed by atoms with E-state index in [9.17, 15) is 0 Å². The third-order valence-electron chi connectivity index (χ3n) is 4.72. The van der Waals surface area contributed by atoms with Crippen LogP contribution in [0.3, 0.4) is 0 Å². The Bertz CT molecular complexity index is 249. The van der Waals surface area contributed by atoms with Crippen LogP contribution in [0.2, 0.25) is 0 Å². The second-order valence-corrected chi connectivity index (χ2v) is 6.49. The predicted octanol–water partition coefficient (Wildman–Crippen LogP) is 2.25. The lowest BCUT2D eigenvalue weighted by Gasteiger charge is -2.41. The molecular weight excluding hydrogens is 224 g/mol. The Labute approximate surface area is 112 Å². The summed E-state index contributed by atoms with van der Waals surface area (Å²) in [6.45, 7) is 10.00. The van der Waals surface area contributed by atoms with Gasteiger partial charge < -0.3 is 10.5 Å². The molecule has 3 nitrogen and oxygen atoms in total. The first-order chi connectivity index (χ1) is 8.58. The van der Waals surface area contributed by atoms with E-state index < -0.39 is 0 Å². The van der Waals surface area contributed by atoms with Gasteiger partial charge in [-0.2, -0.15) is 0 Å². The number of nitrogens with zero attached hydrogens (tertiary/aromatic N) is 1. The van der Waals surface area contributed by atoms with Crippen molar-refractivity contribution in [1.82, 2.24) is 4.90 Å². The zero-order valence-corrected chi connectivity index (χ0v) is 12.3. The molecule has 0 amide bonds. The second-order valence-electron chi connectivity index (χ2n) is 6.49. The third kappa shape index (κ3) is 3.69. The Kier molecular flexibility index (Phi) is 5.05. The smallest absolute Gasteiger partial charge is 0.0678 e. The average molecular weight is 254 g/mol. The summed E-state index contributed by atoms with van der Waals surface area (Å²) in [5.41, 5.74) is 6.32. The van der Waals surface area contributed by atoms with Gasteiger partial charge in [0.15, 0.2) is 0 Å². The normalized spacial score (nSPS) is 43.0. The summed E-state index contributed by atoms with van der Waals surface area (Å²) in [6.07, 6.45) is 5.95. The second kappa shape index (κ2) is 6.36. The maximum absolute atomic E-state index is 6.32. The summed E-state index contributed by atoms with van der Waals surface area (Å²) in [7, 11) is 0. The van der Waals surface area contributed by atoms with Gasteiger partial charge in [-0.05, 0) is 44.9 Å². The molecule has 0 aromatic rings. The van der Waals surface area contributed by atoms with Crippen LogP contribution in [0, 0.1) is 11.8 Å². The molecule has 0 aromatic carbocycles. The number of ether oxygens (including phenoxy) is 1. The highest BCUT2D eigenvalue weighted by Crippen LogP contribution is 2.31. The summed E-state index contributed by atoms with van der Waals surface area (Å²) in [6, 6.07) is 0.418. The molecule has 1 saturated heterocycles. The lowest BCUT2D eigenvalue weighted by molar-refractivity contribution is -0.0738. The molecule has 0 spiro atoms. The van der Waals surface area contributed by atoms with Gasteiger partial charge in [0, 0.05) is 25.7 Å². The standard InChI is InChI=1S/C15H30N2O/c1-4-13-5-6-15(16)14(7-13)10-17-8-11(2)18-12(3)9-17/h11-15H,4-10,16H2,1-3H3/t11-,12+,13?,14?,15?. The van der Waals surface area contributed by atoms with E-state index in [2.05, 4.69) is 25.7 Å². The van der Waals surface area contributed by atoms with Crippen LogP contribution in [0.5, 0.6) is 0 Å². The van der Waals surface area contributed by atoms with Gasteiger partial charge in [0.2, 0.25) is 0 Å². The molecule has 3 heteroatoms. The first kappa shape index (κ1) is 14.3. The van der Waals surface area contributed by atoms with Gasteiger partial charge in [0.25, 0.3) is 0 Å². The SMILES string of the molecule is CCC1CCC(N)C(CN2C[C@@H](C)O[C@@H](C)C2)C1. The zero-order valence-electron chi connectivity index (χ0n) is 12.3. The van der Waals surface area contributed by atoms with E-state index in [1.807, 2.05) is 0 Å². The van der Waals surface area contributed by atoms with E-state index >= 15 is 0 Å². The molecule has 1 heterocycles. The Balaban J connectivity index is 1.86. The maximum Gasteiger partial charge on any atom is 0.0678 e. The summed E-state index contributed by atoms with van der Waals surface area (Å²) < 4.78 is 5.80. The fourth-order valence-corrected chi connectivity index (χ4v) is 3.73. The minimum Gasteiger partial charge on any atom is -0.373 e. The quantitative estimate of drug-likeness (QED) is 0.839. The molecule has 5 atom stereocenters. The molecule has 2 fully saturated rings. The van der Waals surface area contributed by atoms with Crippen LogP contribution in [-0.4, -0.2) is 42.8 Å². The number of nitrogens with two attached hydrogens (primary N) is 1. The fraction of sp³-hybridized carbons (Fsp3) is 1.00. The topological polar surface area (TPSA) is 38.5 Å². The largest absolute Gasteiger partial charge is 0.373 e. The van der Waals surface area contributed by atoms with Crippen LogP contribution in [0.4, 0.5) is 0 Å². The molecule has 2 N–H and O–H groups in total. The summed E-state index contributed by atoms with van der Waals surface area (Å²) in [5.74, 6) is 1.60. The van der Waals surface area contributed by atoms with Gasteiger partial charge in [-0.25, -0.2) is 0 Å². The van der Waals surface area contributed by atoms with Crippen LogP contribution in [-0.2, 0) is 4.74 Å². The van der Waals surface area contributed by atoms with Crippen molar-refractivity contribution in [3.05, 3.63) is 0 Å². The van der Waals surface area contributed by atoms with Crippen molar-refractivity contribution >= 4 is 0 Å². The van der Waals surface area contributed by atoms with Crippen LogP contribution in [0.1, 0.15) is 46.5 Å². The van der Waals surface area contributed by atoms with Gasteiger partial charge in [0.1, 0.15) is 0 Å². The summed E-state index contributed by atoms with van der Waals surface area (Å²) in [5, 5.41) is 0. The van der Waals surface area contributed by atoms with Crippen LogP contribution < -0.4 is 5.73 Å². The van der Waals surface area contributed by atoms with Gasteiger partial charge in [-0.15, -0.1) is 0 Å². The Hall–Kier alpha value is -0.120. The maximum atomic E-state index is 6.32. The molecule has 3 unspecified atom stereocenters. The van der Waals surface area contributed by atoms with E-state index in [-0.39, 0.29) is 0 Å². The highest BCUT2D eigenvalue weighted by atomic mass is 16.5. The number of hydrogen-bond acceptors (Lipinski definition) is 3. The molecule has 2 aliphatic rings. The highest BCUT2D eigenvalue weighted by Gasteiger charge is 2.31. The molecule has 0 aromatic heterocycles. The van der Waals surface area contributed by atoms with E-state index in [4.69, 9.17) is 10.5 Å². The van der Waals surface area contributed by atoms with Crippen molar-refractivity contribution in [1.29, 1.82) is 0 Å². The molecular formula is C15H30N2O. The molecule has 2 rings (SSSR count). The molecule has 1 aliphatic heterocycles. The minimum absolute atomic E-state index is 0.371. The minimum atomic E-state index is 0.371. The van der Waals surface area contributed by atoms with Crippen molar-refractivity contribution in [3.8, 4) is 0 Å². The van der Waals surface area contributed by atoms with Crippen LogP contribution >= 0.6 is 0 Å². The zero-order chi connectivity index (χ0) is 13.1. The first-order valence-corrected chi connectivity index (χ1v) is 7.71. The van der Waals surface area contributed by atoms with Crippen LogP contribution in [0.25, 0.3) is 0 Å². The van der Waals surface area contributed by atoms with Gasteiger partial charge in [-0.3, -0.25) is 4.90 Å². The third-order valence-corrected chi connectivity index (χ3v) is 4.72. The summed E-state index contributed by atoms with van der Waals surface area (Å²) >= 11 is 0. The molecule has 0 radical (unpaired) electrons. The van der Waals surface area contributed by atoms with E-state index in [1.54, 1.807) is 0 Å². The van der Waals surface area contributed by atoms with Crippen LogP contribution in [0.15, 0.2) is 0 Å². The van der Waals surface area contributed by atoms with Crippen molar-refractivity contribution in [2.45, 2.75) is 64.7 Å². The van der Waals surface area contributed by atoms with E-state index in [0.717, 1.165) is 19.0 Å². The number of rotatable bonds is 3. The monoisotopic (exact) mass is 254 g/mol. The molecule has 1 saturated carbocycles.